The van der Waals surface area contributed by atoms with Crippen LogP contribution >= 0.6 is 0 Å². The lowest BCUT2D eigenvalue weighted by Crippen LogP contribution is -1.95. The average molecular weight is 557 g/mol. The minimum absolute atomic E-state index is 1.17. The first-order valence-electron chi connectivity index (χ1n) is 15.3. The Bertz CT molecular complexity index is 2880. The van der Waals surface area contributed by atoms with Gasteiger partial charge in [0.1, 0.15) is 0 Å². The van der Waals surface area contributed by atoms with Crippen LogP contribution in [0.25, 0.3) is 104 Å². The number of rotatable bonds is 2. The van der Waals surface area contributed by atoms with Gasteiger partial charge in [-0.1, -0.05) is 97.1 Å². The normalized spacial score (nSPS) is 12.5. The van der Waals surface area contributed by atoms with E-state index in [9.17, 15) is 0 Å². The van der Waals surface area contributed by atoms with Gasteiger partial charge in [0.25, 0.3) is 0 Å². The Balaban J connectivity index is 1.24. The van der Waals surface area contributed by atoms with Crippen molar-refractivity contribution in [1.29, 1.82) is 0 Å². The first kappa shape index (κ1) is 22.7. The molecule has 0 atom stereocenters. The molecule has 2 heterocycles. The van der Waals surface area contributed by atoms with Gasteiger partial charge in [-0.2, -0.15) is 0 Å². The van der Waals surface area contributed by atoms with Gasteiger partial charge in [0.2, 0.25) is 0 Å². The number of benzene rings is 8. The average Bonchev–Trinajstić information content (AvgIpc) is 3.58. The molecule has 0 bridgehead atoms. The zero-order valence-electron chi connectivity index (χ0n) is 23.7. The Morgan fingerprint density at radius 2 is 1.05 bits per heavy atom. The summed E-state index contributed by atoms with van der Waals surface area (Å²) in [5.41, 5.74) is 11.1. The van der Waals surface area contributed by atoms with Crippen LogP contribution < -0.4 is 0 Å². The van der Waals surface area contributed by atoms with Crippen molar-refractivity contribution >= 4 is 75.9 Å². The molecule has 0 spiro atoms. The topological polar surface area (TPSA) is 20.7 Å². The highest BCUT2D eigenvalue weighted by Crippen LogP contribution is 2.49. The van der Waals surface area contributed by atoms with Gasteiger partial charge in [-0.05, 0) is 91.6 Å². The molecule has 2 aromatic heterocycles. The van der Waals surface area contributed by atoms with Crippen molar-refractivity contribution in [2.45, 2.75) is 0 Å². The summed E-state index contributed by atoms with van der Waals surface area (Å²) in [6.45, 7) is 0. The molecule has 2 nitrogen and oxygen atoms in total. The standard InChI is InChI=1S/C42H24N2/c1-2-12-34-30(9-1)33-23-28(18-20-35(33)43-34)27-7-3-8-29(22-27)44-36-13-5-11-32-31-10-4-6-24-14-15-25-16-17-26-19-21-37(44)42(41(32)36)40(26)39(25)38(24)31/h1-23,43H. The fourth-order valence-corrected chi connectivity index (χ4v) is 8.14. The molecule has 0 amide bonds. The van der Waals surface area contributed by atoms with Gasteiger partial charge in [0.05, 0.1) is 11.0 Å². The number of hydrogen-bond acceptors (Lipinski definition) is 0. The molecular formula is C42H24N2. The lowest BCUT2D eigenvalue weighted by atomic mass is 9.93. The Morgan fingerprint density at radius 1 is 0.386 bits per heavy atom. The van der Waals surface area contributed by atoms with E-state index < -0.39 is 0 Å². The maximum Gasteiger partial charge on any atom is 0.0548 e. The van der Waals surface area contributed by atoms with E-state index in [-0.39, 0.29) is 0 Å². The maximum atomic E-state index is 3.57. The summed E-state index contributed by atoms with van der Waals surface area (Å²) in [5.74, 6) is 0. The molecule has 8 aromatic carbocycles. The van der Waals surface area contributed by atoms with Gasteiger partial charge in [0, 0.05) is 43.7 Å². The van der Waals surface area contributed by atoms with Gasteiger partial charge in [0.15, 0.2) is 0 Å². The number of aromatic amines is 1. The lowest BCUT2D eigenvalue weighted by molar-refractivity contribution is 1.18. The molecule has 44 heavy (non-hydrogen) atoms. The van der Waals surface area contributed by atoms with E-state index in [0.717, 1.165) is 0 Å². The Hall–Kier alpha value is -5.86. The third kappa shape index (κ3) is 2.76. The van der Waals surface area contributed by atoms with E-state index >= 15 is 0 Å². The molecule has 0 fully saturated rings. The summed E-state index contributed by atoms with van der Waals surface area (Å²) in [5, 5.41) is 13.2. The lowest BCUT2D eigenvalue weighted by Gasteiger charge is -2.14. The summed E-state index contributed by atoms with van der Waals surface area (Å²) in [7, 11) is 0. The molecule has 202 valence electrons. The van der Waals surface area contributed by atoms with E-state index in [1.54, 1.807) is 0 Å². The van der Waals surface area contributed by atoms with Crippen LogP contribution in [-0.2, 0) is 0 Å². The van der Waals surface area contributed by atoms with E-state index in [1.165, 1.54) is 104 Å². The second-order valence-electron chi connectivity index (χ2n) is 12.2. The van der Waals surface area contributed by atoms with Crippen molar-refractivity contribution in [2.24, 2.45) is 0 Å². The molecular weight excluding hydrogens is 532 g/mol. The van der Waals surface area contributed by atoms with E-state index in [4.69, 9.17) is 0 Å². The molecule has 1 aliphatic carbocycles. The second-order valence-corrected chi connectivity index (χ2v) is 12.2. The number of nitrogens with zero attached hydrogens (tertiary/aromatic N) is 1. The molecule has 0 saturated heterocycles. The number of H-pyrrole nitrogens is 1. The zero-order valence-corrected chi connectivity index (χ0v) is 23.7. The predicted octanol–water partition coefficient (Wildman–Crippen LogP) is 11.5. The van der Waals surface area contributed by atoms with Crippen LogP contribution in [0.4, 0.5) is 0 Å². The third-order valence-corrected chi connectivity index (χ3v) is 9.99. The maximum absolute atomic E-state index is 3.57. The number of hydrogen-bond donors (Lipinski definition) is 1. The zero-order chi connectivity index (χ0) is 28.5. The van der Waals surface area contributed by atoms with Crippen LogP contribution in [0.2, 0.25) is 0 Å². The first-order valence-corrected chi connectivity index (χ1v) is 15.3. The highest BCUT2D eigenvalue weighted by molar-refractivity contribution is 6.38. The monoisotopic (exact) mass is 556 g/mol. The van der Waals surface area contributed by atoms with Crippen LogP contribution in [0.1, 0.15) is 0 Å². The Morgan fingerprint density at radius 3 is 1.93 bits per heavy atom. The van der Waals surface area contributed by atoms with Gasteiger partial charge in [-0.15, -0.1) is 0 Å². The van der Waals surface area contributed by atoms with E-state index in [0.29, 0.717) is 0 Å². The summed E-state index contributed by atoms with van der Waals surface area (Å²) in [6, 6.07) is 51.8. The van der Waals surface area contributed by atoms with Gasteiger partial charge in [-0.25, -0.2) is 0 Å². The third-order valence-electron chi connectivity index (χ3n) is 9.99. The van der Waals surface area contributed by atoms with Crippen molar-refractivity contribution in [2.75, 3.05) is 0 Å². The molecule has 1 aliphatic rings. The quantitative estimate of drug-likeness (QED) is 0.204. The summed E-state index contributed by atoms with van der Waals surface area (Å²) < 4.78 is 2.48. The minimum Gasteiger partial charge on any atom is -0.355 e. The highest BCUT2D eigenvalue weighted by atomic mass is 15.0. The summed E-state index contributed by atoms with van der Waals surface area (Å²) in [4.78, 5) is 3.57. The molecule has 0 radical (unpaired) electrons. The smallest absolute Gasteiger partial charge is 0.0548 e. The van der Waals surface area contributed by atoms with Crippen LogP contribution in [0.5, 0.6) is 0 Å². The Labute approximate surface area is 252 Å². The molecule has 0 unspecified atom stereocenters. The second kappa shape index (κ2) is 7.94. The Kier molecular flexibility index (Phi) is 4.10. The molecule has 0 saturated carbocycles. The van der Waals surface area contributed by atoms with Crippen molar-refractivity contribution in [3.63, 3.8) is 0 Å². The van der Waals surface area contributed by atoms with Crippen molar-refractivity contribution in [3.05, 3.63) is 140 Å². The van der Waals surface area contributed by atoms with Crippen LogP contribution in [0.3, 0.4) is 0 Å². The summed E-state index contributed by atoms with van der Waals surface area (Å²) in [6.07, 6.45) is 0. The predicted molar refractivity (Wildman–Crippen MR) is 187 cm³/mol. The number of aromatic nitrogens is 2. The fraction of sp³-hybridized carbons (Fsp3) is 0. The molecule has 1 N–H and O–H groups in total. The van der Waals surface area contributed by atoms with Crippen LogP contribution in [-0.4, -0.2) is 9.55 Å². The van der Waals surface area contributed by atoms with E-state index in [2.05, 4.69) is 149 Å². The molecule has 11 rings (SSSR count). The fourth-order valence-electron chi connectivity index (χ4n) is 8.14. The van der Waals surface area contributed by atoms with Crippen molar-refractivity contribution in [1.82, 2.24) is 9.55 Å². The molecule has 0 aliphatic heterocycles. The highest BCUT2D eigenvalue weighted by Gasteiger charge is 2.24. The van der Waals surface area contributed by atoms with Gasteiger partial charge in [-0.3, -0.25) is 0 Å². The van der Waals surface area contributed by atoms with Crippen molar-refractivity contribution < 1.29 is 0 Å². The largest absolute Gasteiger partial charge is 0.355 e. The SMILES string of the molecule is c1cc(-c2ccc3[nH]c4ccccc4c3c2)cc(-n2c3cccc4c3c3c5c(ccc6ccc7cccc-4c7c65)ccc32)c1. The molecule has 2 heteroatoms. The number of nitrogens with one attached hydrogen (secondary N) is 1. The van der Waals surface area contributed by atoms with Crippen LogP contribution in [0.15, 0.2) is 140 Å². The van der Waals surface area contributed by atoms with Crippen molar-refractivity contribution in [3.8, 4) is 27.9 Å². The number of para-hydroxylation sites is 1. The van der Waals surface area contributed by atoms with Gasteiger partial charge >= 0.3 is 0 Å². The van der Waals surface area contributed by atoms with Gasteiger partial charge < -0.3 is 9.55 Å². The summed E-state index contributed by atoms with van der Waals surface area (Å²) >= 11 is 0. The van der Waals surface area contributed by atoms with E-state index in [1.807, 2.05) is 0 Å². The number of fused-ring (bicyclic) bond motifs is 4. The van der Waals surface area contributed by atoms with Crippen LogP contribution in [0, 0.1) is 0 Å². The minimum atomic E-state index is 1.17. The first-order chi connectivity index (χ1) is 21.8. The molecule has 10 aromatic rings.